The first-order valence-corrected chi connectivity index (χ1v) is 4.98. The van der Waals surface area contributed by atoms with E-state index in [1.54, 1.807) is 0 Å². The average Bonchev–Trinajstić information content (AvgIpc) is 2.13. The van der Waals surface area contributed by atoms with Gasteiger partial charge in [0.15, 0.2) is 0 Å². The van der Waals surface area contributed by atoms with Crippen molar-refractivity contribution in [3.63, 3.8) is 0 Å². The lowest BCUT2D eigenvalue weighted by Gasteiger charge is -2.07. The van der Waals surface area contributed by atoms with Gasteiger partial charge in [-0.25, -0.2) is 0 Å². The molecular weight excluding hydrogens is 280 g/mol. The number of rotatable bonds is 2. The molecular formula is C8H4Cl3NO4. The second kappa shape index (κ2) is 4.86. The Bertz CT molecular complexity index is 475. The van der Waals surface area contributed by atoms with Crippen LogP contribution in [0.15, 0.2) is 6.07 Å². The number of esters is 1. The number of hydrogen-bond donors (Lipinski definition) is 0. The van der Waals surface area contributed by atoms with Gasteiger partial charge in [-0.15, -0.1) is 0 Å². The van der Waals surface area contributed by atoms with Crippen LogP contribution in [0.2, 0.25) is 15.1 Å². The Morgan fingerprint density at radius 2 is 1.94 bits per heavy atom. The fourth-order valence-corrected chi connectivity index (χ4v) is 1.67. The number of nitrogens with zero attached hydrogens (tertiary/aromatic N) is 1. The second-order valence-corrected chi connectivity index (χ2v) is 3.88. The summed E-state index contributed by atoms with van der Waals surface area (Å²) in [7, 11) is 0. The van der Waals surface area contributed by atoms with Gasteiger partial charge in [0, 0.05) is 6.92 Å². The Labute approximate surface area is 105 Å². The molecule has 1 aromatic carbocycles. The number of nitro benzene ring substituents is 1. The third-order valence-corrected chi connectivity index (χ3v) is 2.59. The van der Waals surface area contributed by atoms with Crippen molar-refractivity contribution in [1.29, 1.82) is 0 Å². The summed E-state index contributed by atoms with van der Waals surface area (Å²) < 4.78 is 4.62. The average molecular weight is 284 g/mol. The second-order valence-electron chi connectivity index (χ2n) is 2.68. The van der Waals surface area contributed by atoms with E-state index in [1.807, 2.05) is 0 Å². The summed E-state index contributed by atoms with van der Waals surface area (Å²) in [6.45, 7) is 1.09. The molecule has 0 atom stereocenters. The minimum Gasteiger partial charge on any atom is -0.418 e. The van der Waals surface area contributed by atoms with Gasteiger partial charge in [-0.05, 0) is 6.07 Å². The largest absolute Gasteiger partial charge is 0.418 e. The standard InChI is InChI=1S/C8H4Cl3NO4/c1-3(13)16-8-5(10)2-4(9)6(11)7(8)12(14)15/h2H,1H3. The Kier molecular flexibility index (Phi) is 3.96. The van der Waals surface area contributed by atoms with Crippen LogP contribution in [-0.4, -0.2) is 10.9 Å². The fraction of sp³-hybridized carbons (Fsp3) is 0.125. The predicted octanol–water partition coefficient (Wildman–Crippen LogP) is 3.48. The summed E-state index contributed by atoms with van der Waals surface area (Å²) in [5, 5.41) is 10.2. The van der Waals surface area contributed by atoms with Crippen molar-refractivity contribution < 1.29 is 14.5 Å². The maximum absolute atomic E-state index is 10.8. The number of ether oxygens (including phenoxy) is 1. The van der Waals surface area contributed by atoms with E-state index < -0.39 is 22.3 Å². The molecule has 86 valence electrons. The molecule has 0 aliphatic heterocycles. The zero-order chi connectivity index (χ0) is 12.5. The van der Waals surface area contributed by atoms with E-state index in [-0.39, 0.29) is 15.1 Å². The summed E-state index contributed by atoms with van der Waals surface area (Å²) in [5.74, 6) is -1.16. The molecule has 0 saturated carbocycles. The lowest BCUT2D eigenvalue weighted by Crippen LogP contribution is -2.05. The first-order valence-electron chi connectivity index (χ1n) is 3.85. The van der Waals surface area contributed by atoms with Gasteiger partial charge >= 0.3 is 11.7 Å². The number of carbonyl (C=O) groups excluding carboxylic acids is 1. The monoisotopic (exact) mass is 283 g/mol. The molecule has 0 radical (unpaired) electrons. The molecule has 16 heavy (non-hydrogen) atoms. The van der Waals surface area contributed by atoms with Crippen LogP contribution >= 0.6 is 34.8 Å². The van der Waals surface area contributed by atoms with Gasteiger partial charge in [-0.3, -0.25) is 14.9 Å². The van der Waals surface area contributed by atoms with Crippen LogP contribution < -0.4 is 4.74 Å². The highest BCUT2D eigenvalue weighted by molar-refractivity contribution is 6.45. The molecule has 0 bridgehead atoms. The van der Waals surface area contributed by atoms with Crippen molar-refractivity contribution in [2.75, 3.05) is 0 Å². The number of carbonyl (C=O) groups is 1. The summed E-state index contributed by atoms with van der Waals surface area (Å²) in [4.78, 5) is 20.7. The van der Waals surface area contributed by atoms with Gasteiger partial charge in [0.2, 0.25) is 5.75 Å². The van der Waals surface area contributed by atoms with E-state index in [9.17, 15) is 14.9 Å². The highest BCUT2D eigenvalue weighted by Gasteiger charge is 2.27. The predicted molar refractivity (Wildman–Crippen MR) is 59.4 cm³/mol. The van der Waals surface area contributed by atoms with Gasteiger partial charge in [-0.2, -0.15) is 0 Å². The molecule has 0 aromatic heterocycles. The third-order valence-electron chi connectivity index (χ3n) is 1.53. The van der Waals surface area contributed by atoms with Crippen LogP contribution in [0.25, 0.3) is 0 Å². The fourth-order valence-electron chi connectivity index (χ4n) is 0.970. The quantitative estimate of drug-likeness (QED) is 0.274. The van der Waals surface area contributed by atoms with E-state index in [0.717, 1.165) is 13.0 Å². The summed E-state index contributed by atoms with van der Waals surface area (Å²) in [5.41, 5.74) is -0.630. The maximum Gasteiger partial charge on any atom is 0.333 e. The summed E-state index contributed by atoms with van der Waals surface area (Å²) in [6, 6.07) is 1.16. The van der Waals surface area contributed by atoms with Gasteiger partial charge in [0.05, 0.1) is 15.0 Å². The van der Waals surface area contributed by atoms with Gasteiger partial charge in [0.1, 0.15) is 5.02 Å². The Morgan fingerprint density at radius 1 is 1.38 bits per heavy atom. The van der Waals surface area contributed by atoms with Crippen molar-refractivity contribution in [2.45, 2.75) is 6.92 Å². The molecule has 0 fully saturated rings. The van der Waals surface area contributed by atoms with Gasteiger partial charge < -0.3 is 4.74 Å². The normalized spacial score (nSPS) is 10.0. The minimum absolute atomic E-state index is 0.0886. The van der Waals surface area contributed by atoms with Crippen molar-refractivity contribution >= 4 is 46.5 Å². The molecule has 0 heterocycles. The summed E-state index contributed by atoms with van der Waals surface area (Å²) in [6.07, 6.45) is 0. The lowest BCUT2D eigenvalue weighted by molar-refractivity contribution is -0.385. The van der Waals surface area contributed by atoms with Crippen molar-refractivity contribution in [3.05, 3.63) is 31.2 Å². The van der Waals surface area contributed by atoms with E-state index >= 15 is 0 Å². The third kappa shape index (κ3) is 2.55. The number of benzene rings is 1. The topological polar surface area (TPSA) is 69.4 Å². The number of nitro groups is 1. The Morgan fingerprint density at radius 3 is 2.38 bits per heavy atom. The van der Waals surface area contributed by atoms with Crippen LogP contribution in [0.3, 0.4) is 0 Å². The smallest absolute Gasteiger partial charge is 0.333 e. The molecule has 0 N–H and O–H groups in total. The van der Waals surface area contributed by atoms with Crippen LogP contribution in [0.4, 0.5) is 5.69 Å². The molecule has 0 saturated heterocycles. The van der Waals surface area contributed by atoms with Crippen molar-refractivity contribution in [1.82, 2.24) is 0 Å². The van der Waals surface area contributed by atoms with Crippen LogP contribution in [-0.2, 0) is 4.79 Å². The molecule has 0 aliphatic carbocycles. The molecule has 1 rings (SSSR count). The van der Waals surface area contributed by atoms with Crippen molar-refractivity contribution in [3.8, 4) is 5.75 Å². The highest BCUT2D eigenvalue weighted by atomic mass is 35.5. The van der Waals surface area contributed by atoms with E-state index in [4.69, 9.17) is 34.8 Å². The van der Waals surface area contributed by atoms with Gasteiger partial charge in [-0.1, -0.05) is 34.8 Å². The number of halogens is 3. The minimum atomic E-state index is -0.821. The summed E-state index contributed by atoms with van der Waals surface area (Å²) >= 11 is 16.9. The van der Waals surface area contributed by atoms with Crippen molar-refractivity contribution in [2.24, 2.45) is 0 Å². The van der Waals surface area contributed by atoms with E-state index in [0.29, 0.717) is 0 Å². The molecule has 8 heteroatoms. The van der Waals surface area contributed by atoms with E-state index in [2.05, 4.69) is 4.74 Å². The molecule has 1 aromatic rings. The molecule has 0 unspecified atom stereocenters. The zero-order valence-corrected chi connectivity index (χ0v) is 10.1. The van der Waals surface area contributed by atoms with E-state index in [1.165, 1.54) is 0 Å². The lowest BCUT2D eigenvalue weighted by atomic mass is 10.3. The Balaban J connectivity index is 3.50. The zero-order valence-electron chi connectivity index (χ0n) is 7.79. The van der Waals surface area contributed by atoms with Gasteiger partial charge in [0.25, 0.3) is 0 Å². The van der Waals surface area contributed by atoms with Crippen LogP contribution in [0.5, 0.6) is 5.75 Å². The number of hydrogen-bond acceptors (Lipinski definition) is 4. The molecule has 0 aliphatic rings. The molecule has 5 nitrogen and oxygen atoms in total. The molecule has 0 amide bonds. The SMILES string of the molecule is CC(=O)Oc1c(Cl)cc(Cl)c(Cl)c1[N+](=O)[O-]. The first-order chi connectivity index (χ1) is 7.34. The Hall–Kier alpha value is -1.04. The maximum atomic E-state index is 10.8. The van der Waals surface area contributed by atoms with Crippen LogP contribution in [0, 0.1) is 10.1 Å². The first kappa shape index (κ1) is 13.0. The molecule has 0 spiro atoms. The highest BCUT2D eigenvalue weighted by Crippen LogP contribution is 2.44. The van der Waals surface area contributed by atoms with Crippen LogP contribution in [0.1, 0.15) is 6.92 Å².